The van der Waals surface area contributed by atoms with Crippen molar-refractivity contribution < 1.29 is 0 Å². The van der Waals surface area contributed by atoms with Gasteiger partial charge in [0, 0.05) is 40.9 Å². The molecule has 1 aromatic heterocycles. The molecule has 1 aromatic carbocycles. The minimum absolute atomic E-state index is 0.223. The van der Waals surface area contributed by atoms with Crippen molar-refractivity contribution in [3.8, 4) is 0 Å². The molecule has 1 atom stereocenters. The van der Waals surface area contributed by atoms with E-state index in [4.69, 9.17) is 11.6 Å². The summed E-state index contributed by atoms with van der Waals surface area (Å²) in [6.07, 6.45) is 4.49. The van der Waals surface area contributed by atoms with Crippen molar-refractivity contribution in [1.29, 1.82) is 0 Å². The third-order valence-electron chi connectivity index (χ3n) is 2.80. The van der Waals surface area contributed by atoms with Gasteiger partial charge in [-0.25, -0.2) is 4.98 Å². The van der Waals surface area contributed by atoms with Gasteiger partial charge >= 0.3 is 0 Å². The van der Waals surface area contributed by atoms with Gasteiger partial charge in [0.1, 0.15) is 5.82 Å². The lowest BCUT2D eigenvalue weighted by atomic mass is 10.1. The maximum Gasteiger partial charge on any atom is 0.107 e. The van der Waals surface area contributed by atoms with Crippen LogP contribution in [0.2, 0.25) is 5.02 Å². The van der Waals surface area contributed by atoms with Crippen LogP contribution in [0.1, 0.15) is 24.4 Å². The summed E-state index contributed by atoms with van der Waals surface area (Å²) in [6.45, 7) is 2.97. The molecule has 0 spiro atoms. The van der Waals surface area contributed by atoms with Crippen LogP contribution in [0.3, 0.4) is 0 Å². The molecule has 0 saturated carbocycles. The third-order valence-corrected chi connectivity index (χ3v) is 3.62. The number of H-pyrrole nitrogens is 1. The molecule has 2 aromatic rings. The van der Waals surface area contributed by atoms with Crippen molar-refractivity contribution >= 4 is 27.5 Å². The Kier molecular flexibility index (Phi) is 4.80. The van der Waals surface area contributed by atoms with Crippen molar-refractivity contribution in [3.63, 3.8) is 0 Å². The largest absolute Gasteiger partial charge is 0.349 e. The van der Waals surface area contributed by atoms with Gasteiger partial charge in [-0.05, 0) is 24.6 Å². The molecule has 3 nitrogen and oxygen atoms in total. The SMILES string of the molecule is CC(NCCc1ncc[nH]1)c1ccc(Br)cc1Cl. The second-order valence-electron chi connectivity index (χ2n) is 4.13. The molecular formula is C13H15BrClN3. The zero-order valence-electron chi connectivity index (χ0n) is 10.1. The molecule has 2 N–H and O–H groups in total. The Hall–Kier alpha value is -0.840. The minimum atomic E-state index is 0.223. The van der Waals surface area contributed by atoms with Crippen LogP contribution >= 0.6 is 27.5 Å². The molecular weight excluding hydrogens is 314 g/mol. The summed E-state index contributed by atoms with van der Waals surface area (Å²) in [6, 6.07) is 6.19. The summed E-state index contributed by atoms with van der Waals surface area (Å²) in [4.78, 5) is 7.27. The van der Waals surface area contributed by atoms with Crippen LogP contribution in [0.5, 0.6) is 0 Å². The van der Waals surface area contributed by atoms with E-state index in [1.165, 1.54) is 0 Å². The summed E-state index contributed by atoms with van der Waals surface area (Å²) in [5.41, 5.74) is 1.11. The van der Waals surface area contributed by atoms with Crippen molar-refractivity contribution in [1.82, 2.24) is 15.3 Å². The van der Waals surface area contributed by atoms with Gasteiger partial charge in [0.05, 0.1) is 0 Å². The van der Waals surface area contributed by atoms with Crippen LogP contribution < -0.4 is 5.32 Å². The van der Waals surface area contributed by atoms with Crippen LogP contribution in [0.25, 0.3) is 0 Å². The first-order valence-corrected chi connectivity index (χ1v) is 7.00. The number of rotatable bonds is 5. The normalized spacial score (nSPS) is 12.6. The Morgan fingerprint density at radius 2 is 2.33 bits per heavy atom. The molecule has 0 amide bonds. The highest BCUT2D eigenvalue weighted by molar-refractivity contribution is 9.10. The van der Waals surface area contributed by atoms with Crippen molar-refractivity contribution in [2.24, 2.45) is 0 Å². The van der Waals surface area contributed by atoms with E-state index in [0.29, 0.717) is 0 Å². The Balaban J connectivity index is 1.89. The minimum Gasteiger partial charge on any atom is -0.349 e. The number of benzene rings is 1. The number of hydrogen-bond donors (Lipinski definition) is 2. The van der Waals surface area contributed by atoms with Crippen molar-refractivity contribution in [3.05, 3.63) is 51.5 Å². The van der Waals surface area contributed by atoms with Gasteiger partial charge in [-0.15, -0.1) is 0 Å². The van der Waals surface area contributed by atoms with E-state index in [2.05, 4.69) is 38.1 Å². The molecule has 5 heteroatoms. The van der Waals surface area contributed by atoms with Crippen LogP contribution in [0.15, 0.2) is 35.1 Å². The van der Waals surface area contributed by atoms with E-state index in [-0.39, 0.29) is 6.04 Å². The fourth-order valence-corrected chi connectivity index (χ4v) is 2.64. The fraction of sp³-hybridized carbons (Fsp3) is 0.308. The van der Waals surface area contributed by atoms with Crippen LogP contribution in [-0.4, -0.2) is 16.5 Å². The number of aromatic nitrogens is 2. The molecule has 0 aliphatic rings. The van der Waals surface area contributed by atoms with E-state index in [9.17, 15) is 0 Å². The number of halogens is 2. The first-order valence-electron chi connectivity index (χ1n) is 5.83. The predicted molar refractivity (Wildman–Crippen MR) is 77.9 cm³/mol. The standard InChI is InChI=1S/C13H15BrClN3/c1-9(11-3-2-10(14)8-12(11)15)16-5-4-13-17-6-7-18-13/h2-3,6-9,16H,4-5H2,1H3,(H,17,18). The molecule has 1 unspecified atom stereocenters. The van der Waals surface area contributed by atoms with E-state index >= 15 is 0 Å². The first-order chi connectivity index (χ1) is 8.66. The lowest BCUT2D eigenvalue weighted by molar-refractivity contribution is 0.571. The zero-order valence-corrected chi connectivity index (χ0v) is 12.4. The van der Waals surface area contributed by atoms with E-state index in [0.717, 1.165) is 33.8 Å². The summed E-state index contributed by atoms with van der Waals surface area (Å²) < 4.78 is 0.999. The molecule has 0 fully saturated rings. The number of imidazole rings is 1. The second-order valence-corrected chi connectivity index (χ2v) is 5.45. The van der Waals surface area contributed by atoms with Gasteiger partial charge in [-0.3, -0.25) is 0 Å². The summed E-state index contributed by atoms with van der Waals surface area (Å²) in [5.74, 6) is 0.997. The number of nitrogens with one attached hydrogen (secondary N) is 2. The zero-order chi connectivity index (χ0) is 13.0. The highest BCUT2D eigenvalue weighted by Gasteiger charge is 2.09. The van der Waals surface area contributed by atoms with Crippen molar-refractivity contribution in [2.75, 3.05) is 6.54 Å². The maximum absolute atomic E-state index is 6.21. The molecule has 1 heterocycles. The summed E-state index contributed by atoms with van der Waals surface area (Å²) >= 11 is 9.62. The molecule has 0 saturated heterocycles. The molecule has 18 heavy (non-hydrogen) atoms. The Morgan fingerprint density at radius 3 is 3.00 bits per heavy atom. The molecule has 0 aliphatic heterocycles. The molecule has 2 rings (SSSR count). The molecule has 0 aliphatic carbocycles. The number of nitrogens with zero attached hydrogens (tertiary/aromatic N) is 1. The number of hydrogen-bond acceptors (Lipinski definition) is 2. The lowest BCUT2D eigenvalue weighted by Crippen LogP contribution is -2.22. The Bertz CT molecular complexity index is 499. The van der Waals surface area contributed by atoms with E-state index in [1.54, 1.807) is 6.20 Å². The summed E-state index contributed by atoms with van der Waals surface area (Å²) in [5, 5.41) is 4.22. The molecule has 96 valence electrons. The smallest absolute Gasteiger partial charge is 0.107 e. The van der Waals surface area contributed by atoms with Gasteiger partial charge in [-0.2, -0.15) is 0 Å². The quantitative estimate of drug-likeness (QED) is 0.878. The maximum atomic E-state index is 6.21. The van der Waals surface area contributed by atoms with Gasteiger partial charge in [0.25, 0.3) is 0 Å². The predicted octanol–water partition coefficient (Wildman–Crippen LogP) is 3.72. The average Bonchev–Trinajstić information content (AvgIpc) is 2.81. The van der Waals surface area contributed by atoms with Gasteiger partial charge in [0.15, 0.2) is 0 Å². The number of aromatic amines is 1. The molecule has 0 radical (unpaired) electrons. The Labute approximate surface area is 120 Å². The highest BCUT2D eigenvalue weighted by atomic mass is 79.9. The highest BCUT2D eigenvalue weighted by Crippen LogP contribution is 2.26. The first kappa shape index (κ1) is 13.6. The molecule has 0 bridgehead atoms. The average molecular weight is 329 g/mol. The van der Waals surface area contributed by atoms with Gasteiger partial charge < -0.3 is 10.3 Å². The van der Waals surface area contributed by atoms with Crippen molar-refractivity contribution in [2.45, 2.75) is 19.4 Å². The monoisotopic (exact) mass is 327 g/mol. The topological polar surface area (TPSA) is 40.7 Å². The lowest BCUT2D eigenvalue weighted by Gasteiger charge is -2.15. The van der Waals surface area contributed by atoms with E-state index < -0.39 is 0 Å². The van der Waals surface area contributed by atoms with Gasteiger partial charge in [-0.1, -0.05) is 33.6 Å². The fourth-order valence-electron chi connectivity index (χ4n) is 1.80. The summed E-state index contributed by atoms with van der Waals surface area (Å²) in [7, 11) is 0. The van der Waals surface area contributed by atoms with Crippen LogP contribution in [0.4, 0.5) is 0 Å². The van der Waals surface area contributed by atoms with Crippen LogP contribution in [0, 0.1) is 0 Å². The van der Waals surface area contributed by atoms with Crippen LogP contribution in [-0.2, 0) is 6.42 Å². The second kappa shape index (κ2) is 6.36. The van der Waals surface area contributed by atoms with Gasteiger partial charge in [0.2, 0.25) is 0 Å². The third kappa shape index (κ3) is 3.57. The van der Waals surface area contributed by atoms with E-state index in [1.807, 2.05) is 24.4 Å². The Morgan fingerprint density at radius 1 is 1.50 bits per heavy atom.